The maximum Gasteiger partial charge on any atom is 0.303 e. The van der Waals surface area contributed by atoms with Crippen LogP contribution in [0.3, 0.4) is 0 Å². The average Bonchev–Trinajstić information content (AvgIpc) is 3.38. The van der Waals surface area contributed by atoms with E-state index in [0.29, 0.717) is 54.4 Å². The van der Waals surface area contributed by atoms with Crippen molar-refractivity contribution in [3.8, 4) is 5.75 Å². The molecular formula is C27H41ClN4O6. The lowest BCUT2D eigenvalue weighted by Gasteiger charge is -2.38. The van der Waals surface area contributed by atoms with Gasteiger partial charge in [0, 0.05) is 51.6 Å². The van der Waals surface area contributed by atoms with E-state index in [4.69, 9.17) is 31.9 Å². The van der Waals surface area contributed by atoms with Crippen LogP contribution >= 0.6 is 11.6 Å². The summed E-state index contributed by atoms with van der Waals surface area (Å²) in [5.74, 6) is -0.428. The minimum Gasteiger partial charge on any atom is -0.492 e. The lowest BCUT2D eigenvalue weighted by molar-refractivity contribution is -0.137. The van der Waals surface area contributed by atoms with E-state index in [1.165, 1.54) is 0 Å². The van der Waals surface area contributed by atoms with Crippen LogP contribution in [-0.2, 0) is 20.7 Å². The Bertz CT molecular complexity index is 975. The number of nitrogens with one attached hydrogen (secondary N) is 2. The van der Waals surface area contributed by atoms with Crippen molar-refractivity contribution < 1.29 is 29.0 Å². The Morgan fingerprint density at radius 1 is 1.18 bits per heavy atom. The van der Waals surface area contributed by atoms with Gasteiger partial charge in [-0.05, 0) is 44.7 Å². The molecule has 0 aromatic heterocycles. The van der Waals surface area contributed by atoms with Gasteiger partial charge in [0.25, 0.3) is 5.91 Å². The fourth-order valence-corrected chi connectivity index (χ4v) is 5.28. The van der Waals surface area contributed by atoms with Crippen molar-refractivity contribution in [1.82, 2.24) is 15.5 Å². The summed E-state index contributed by atoms with van der Waals surface area (Å²) in [6.45, 7) is 3.58. The third-order valence-electron chi connectivity index (χ3n) is 7.25. The number of hydrogen-bond acceptors (Lipinski definition) is 7. The number of benzene rings is 1. The van der Waals surface area contributed by atoms with Crippen LogP contribution in [0.25, 0.3) is 0 Å². The molecule has 2 heterocycles. The topological polar surface area (TPSA) is 143 Å². The van der Waals surface area contributed by atoms with Crippen molar-refractivity contribution in [1.29, 1.82) is 0 Å². The van der Waals surface area contributed by atoms with Crippen LogP contribution in [-0.4, -0.2) is 79.8 Å². The lowest BCUT2D eigenvalue weighted by Crippen LogP contribution is -2.54. The predicted octanol–water partition coefficient (Wildman–Crippen LogP) is 3.00. The molecule has 0 saturated carbocycles. The SMILES string of the molecule is CO[C@H]1CN(CCCCCC(=O)NCCCCCC(=O)O)CC[C@H]1NC(=O)c1cc(Cl)c(N)c2c1OCC2. The number of likely N-dealkylation sites (tertiary alicyclic amines) is 1. The highest BCUT2D eigenvalue weighted by molar-refractivity contribution is 6.33. The number of rotatable bonds is 15. The van der Waals surface area contributed by atoms with Crippen LogP contribution in [0, 0.1) is 0 Å². The van der Waals surface area contributed by atoms with Crippen molar-refractivity contribution in [3.05, 3.63) is 22.2 Å². The Hall–Kier alpha value is -2.56. The molecule has 1 aromatic rings. The van der Waals surface area contributed by atoms with Gasteiger partial charge in [0.15, 0.2) is 0 Å². The van der Waals surface area contributed by atoms with E-state index in [2.05, 4.69) is 15.5 Å². The summed E-state index contributed by atoms with van der Waals surface area (Å²) in [6.07, 6.45) is 7.01. The van der Waals surface area contributed by atoms with E-state index in [1.54, 1.807) is 13.2 Å². The molecule has 10 nitrogen and oxygen atoms in total. The molecule has 2 aliphatic heterocycles. The second kappa shape index (κ2) is 15.1. The minimum absolute atomic E-state index is 0.0534. The van der Waals surface area contributed by atoms with E-state index < -0.39 is 5.97 Å². The summed E-state index contributed by atoms with van der Waals surface area (Å²) in [7, 11) is 1.67. The molecule has 1 aromatic carbocycles. The highest BCUT2D eigenvalue weighted by Gasteiger charge is 2.32. The number of hydrogen-bond donors (Lipinski definition) is 4. The van der Waals surface area contributed by atoms with Crippen LogP contribution in [0.15, 0.2) is 6.07 Å². The number of fused-ring (bicyclic) bond motifs is 1. The summed E-state index contributed by atoms with van der Waals surface area (Å²) >= 11 is 6.26. The van der Waals surface area contributed by atoms with E-state index in [1.807, 2.05) is 0 Å². The fraction of sp³-hybridized carbons (Fsp3) is 0.667. The minimum atomic E-state index is -0.777. The molecule has 2 atom stereocenters. The van der Waals surface area contributed by atoms with Crippen LogP contribution in [0.5, 0.6) is 5.75 Å². The fourth-order valence-electron chi connectivity index (χ4n) is 5.06. The highest BCUT2D eigenvalue weighted by atomic mass is 35.5. The van der Waals surface area contributed by atoms with Crippen molar-refractivity contribution in [2.75, 3.05) is 45.6 Å². The number of carbonyl (C=O) groups excluding carboxylic acids is 2. The zero-order chi connectivity index (χ0) is 27.5. The summed E-state index contributed by atoms with van der Waals surface area (Å²) in [4.78, 5) is 37.9. The molecule has 1 fully saturated rings. The quantitative estimate of drug-likeness (QED) is 0.192. The van der Waals surface area contributed by atoms with Crippen LogP contribution in [0.1, 0.15) is 73.7 Å². The number of piperidine rings is 1. The van der Waals surface area contributed by atoms with E-state index in [9.17, 15) is 14.4 Å². The van der Waals surface area contributed by atoms with Crippen LogP contribution in [0.2, 0.25) is 5.02 Å². The average molecular weight is 553 g/mol. The number of halogens is 1. The van der Waals surface area contributed by atoms with Gasteiger partial charge in [-0.2, -0.15) is 0 Å². The second-order valence-corrected chi connectivity index (χ2v) is 10.4. The van der Waals surface area contributed by atoms with Gasteiger partial charge in [-0.1, -0.05) is 24.4 Å². The van der Waals surface area contributed by atoms with Gasteiger partial charge in [0.2, 0.25) is 5.91 Å². The second-order valence-electron chi connectivity index (χ2n) is 10.0. The third-order valence-corrected chi connectivity index (χ3v) is 7.56. The molecule has 0 spiro atoms. The maximum absolute atomic E-state index is 13.1. The number of nitrogens with two attached hydrogens (primary N) is 1. The Kier molecular flexibility index (Phi) is 11.9. The molecule has 212 valence electrons. The number of carboxylic acid groups (broad SMARTS) is 1. The van der Waals surface area contributed by atoms with Crippen LogP contribution < -0.4 is 21.1 Å². The Labute approximate surface area is 229 Å². The zero-order valence-corrected chi connectivity index (χ0v) is 23.0. The molecule has 38 heavy (non-hydrogen) atoms. The number of carbonyl (C=O) groups is 3. The van der Waals surface area contributed by atoms with Gasteiger partial charge in [0.1, 0.15) is 5.75 Å². The largest absolute Gasteiger partial charge is 0.492 e. The molecule has 5 N–H and O–H groups in total. The number of anilines is 1. The van der Waals surface area contributed by atoms with Crippen molar-refractivity contribution in [2.24, 2.45) is 0 Å². The van der Waals surface area contributed by atoms with Crippen molar-refractivity contribution in [2.45, 2.75) is 76.4 Å². The van der Waals surface area contributed by atoms with E-state index >= 15 is 0 Å². The first-order valence-corrected chi connectivity index (χ1v) is 14.0. The van der Waals surface area contributed by atoms with Crippen molar-refractivity contribution in [3.63, 3.8) is 0 Å². The molecule has 0 radical (unpaired) electrons. The Morgan fingerprint density at radius 2 is 1.95 bits per heavy atom. The molecule has 3 rings (SSSR count). The summed E-state index contributed by atoms with van der Waals surface area (Å²) in [6, 6.07) is 1.46. The number of amides is 2. The molecule has 0 bridgehead atoms. The monoisotopic (exact) mass is 552 g/mol. The zero-order valence-electron chi connectivity index (χ0n) is 22.2. The number of ether oxygens (including phenoxy) is 2. The van der Waals surface area contributed by atoms with Gasteiger partial charge in [-0.3, -0.25) is 14.4 Å². The molecule has 0 aliphatic carbocycles. The van der Waals surface area contributed by atoms with Gasteiger partial charge >= 0.3 is 5.97 Å². The number of nitrogens with zero attached hydrogens (tertiary/aromatic N) is 1. The lowest BCUT2D eigenvalue weighted by atomic mass is 9.99. The molecular weight excluding hydrogens is 512 g/mol. The first kappa shape index (κ1) is 30.0. The molecule has 1 saturated heterocycles. The first-order valence-electron chi connectivity index (χ1n) is 13.6. The standard InChI is InChI=1S/C27H41ClN4O6/c1-37-22-17-32(13-7-3-4-8-23(33)30-12-6-2-5-9-24(34)35)14-10-21(22)31-27(36)19-16-20(28)25(29)18-11-15-38-26(18)19/h16,21-22H,2-15,17,29H2,1H3,(H,30,33)(H,31,36)(H,34,35)/t21-,22+/m1/s1. The molecule has 2 aliphatic rings. The maximum atomic E-state index is 13.1. The third kappa shape index (κ3) is 8.74. The normalized spacial score (nSPS) is 19.0. The molecule has 11 heteroatoms. The number of aliphatic carboxylic acids is 1. The van der Waals surface area contributed by atoms with E-state index in [0.717, 1.165) is 63.7 Å². The van der Waals surface area contributed by atoms with Gasteiger partial charge in [-0.15, -0.1) is 0 Å². The summed E-state index contributed by atoms with van der Waals surface area (Å²) < 4.78 is 11.4. The summed E-state index contributed by atoms with van der Waals surface area (Å²) in [5, 5.41) is 15.0. The molecule has 0 unspecified atom stereocenters. The van der Waals surface area contributed by atoms with Gasteiger partial charge in [-0.25, -0.2) is 0 Å². The number of unbranched alkanes of at least 4 members (excludes halogenated alkanes) is 4. The Morgan fingerprint density at radius 3 is 2.71 bits per heavy atom. The number of carboxylic acids is 1. The van der Waals surface area contributed by atoms with E-state index in [-0.39, 0.29) is 30.4 Å². The smallest absolute Gasteiger partial charge is 0.303 e. The van der Waals surface area contributed by atoms with Crippen molar-refractivity contribution >= 4 is 35.1 Å². The summed E-state index contributed by atoms with van der Waals surface area (Å²) in [5.41, 5.74) is 7.74. The molecule has 2 amide bonds. The van der Waals surface area contributed by atoms with Gasteiger partial charge in [0.05, 0.1) is 35.0 Å². The first-order chi connectivity index (χ1) is 18.3. The predicted molar refractivity (Wildman–Crippen MR) is 146 cm³/mol. The Balaban J connectivity index is 1.33. The number of nitrogen functional groups attached to an aromatic ring is 1. The number of methoxy groups -OCH3 is 1. The van der Waals surface area contributed by atoms with Gasteiger partial charge < -0.3 is 35.8 Å². The highest BCUT2D eigenvalue weighted by Crippen LogP contribution is 2.38. The van der Waals surface area contributed by atoms with Crippen LogP contribution in [0.4, 0.5) is 5.69 Å².